The fourth-order valence-corrected chi connectivity index (χ4v) is 3.91. The Morgan fingerprint density at radius 3 is 3.11 bits per heavy atom. The van der Waals surface area contributed by atoms with Crippen molar-refractivity contribution in [3.63, 3.8) is 0 Å². The average molecular weight is 264 g/mol. The van der Waals surface area contributed by atoms with Crippen LogP contribution in [0.1, 0.15) is 31.2 Å². The highest BCUT2D eigenvalue weighted by Crippen LogP contribution is 2.28. The van der Waals surface area contributed by atoms with Gasteiger partial charge in [0.25, 0.3) is 0 Å². The third kappa shape index (κ3) is 2.45. The third-order valence-electron chi connectivity index (χ3n) is 4.15. The number of thiophene rings is 1. The smallest absolute Gasteiger partial charge is 0.223 e. The van der Waals surface area contributed by atoms with Gasteiger partial charge in [0, 0.05) is 25.0 Å². The minimum absolute atomic E-state index is 0.359. The van der Waals surface area contributed by atoms with Crippen LogP contribution in [0.15, 0.2) is 16.8 Å². The minimum atomic E-state index is 0.359. The molecule has 18 heavy (non-hydrogen) atoms. The van der Waals surface area contributed by atoms with Gasteiger partial charge in [-0.25, -0.2) is 0 Å². The molecule has 1 aromatic rings. The fraction of sp³-hybridized carbons (Fsp3) is 0.643. The molecule has 4 heteroatoms. The summed E-state index contributed by atoms with van der Waals surface area (Å²) in [5, 5.41) is 7.67. The first-order chi connectivity index (χ1) is 8.84. The van der Waals surface area contributed by atoms with E-state index < -0.39 is 0 Å². The van der Waals surface area contributed by atoms with Crippen molar-refractivity contribution in [1.82, 2.24) is 10.2 Å². The topological polar surface area (TPSA) is 32.3 Å². The molecule has 3 nitrogen and oxygen atoms in total. The van der Waals surface area contributed by atoms with Crippen molar-refractivity contribution in [2.24, 2.45) is 0 Å². The number of nitrogens with one attached hydrogen (secondary N) is 1. The number of hydrogen-bond acceptors (Lipinski definition) is 3. The summed E-state index contributed by atoms with van der Waals surface area (Å²) in [4.78, 5) is 14.6. The highest BCUT2D eigenvalue weighted by molar-refractivity contribution is 7.07. The highest BCUT2D eigenvalue weighted by Gasteiger charge is 2.37. The van der Waals surface area contributed by atoms with E-state index in [1.54, 1.807) is 11.3 Å². The standard InChI is InChI=1S/C14H20N2OS/c17-14(4-1-11-6-8-18-10-11)16-12-2-3-13(16)9-15-7-5-12/h6,8,10,12-13,15H,1-5,7,9H2. The zero-order valence-electron chi connectivity index (χ0n) is 10.6. The van der Waals surface area contributed by atoms with E-state index in [4.69, 9.17) is 0 Å². The van der Waals surface area contributed by atoms with Gasteiger partial charge in [-0.3, -0.25) is 4.79 Å². The number of carbonyl (C=O) groups excluding carboxylic acids is 1. The van der Waals surface area contributed by atoms with Crippen LogP contribution < -0.4 is 5.32 Å². The molecule has 1 N–H and O–H groups in total. The van der Waals surface area contributed by atoms with Crippen LogP contribution in [-0.4, -0.2) is 36.0 Å². The molecule has 2 unspecified atom stereocenters. The molecule has 0 saturated carbocycles. The Balaban J connectivity index is 1.61. The van der Waals surface area contributed by atoms with Gasteiger partial charge in [-0.2, -0.15) is 11.3 Å². The molecule has 3 rings (SSSR count). The molecule has 2 aliphatic rings. The van der Waals surface area contributed by atoms with Crippen LogP contribution in [0.4, 0.5) is 0 Å². The zero-order chi connectivity index (χ0) is 12.4. The summed E-state index contributed by atoms with van der Waals surface area (Å²) in [6.45, 7) is 2.05. The lowest BCUT2D eigenvalue weighted by molar-refractivity contribution is -0.133. The van der Waals surface area contributed by atoms with Gasteiger partial charge in [0.15, 0.2) is 0 Å². The number of fused-ring (bicyclic) bond motifs is 2. The number of amides is 1. The summed E-state index contributed by atoms with van der Waals surface area (Å²) >= 11 is 1.71. The number of nitrogens with zero attached hydrogens (tertiary/aromatic N) is 1. The number of rotatable bonds is 3. The lowest BCUT2D eigenvalue weighted by Gasteiger charge is -2.28. The van der Waals surface area contributed by atoms with Gasteiger partial charge < -0.3 is 10.2 Å². The predicted octanol–water partition coefficient (Wildman–Crippen LogP) is 2.03. The molecule has 1 aromatic heterocycles. The van der Waals surface area contributed by atoms with Crippen LogP contribution in [0, 0.1) is 0 Å². The molecule has 2 atom stereocenters. The van der Waals surface area contributed by atoms with Gasteiger partial charge in [-0.05, 0) is 54.6 Å². The SMILES string of the molecule is O=C(CCc1ccsc1)N1C2CCNCC1CC2. The molecule has 2 bridgehead atoms. The van der Waals surface area contributed by atoms with Crippen LogP contribution in [0.25, 0.3) is 0 Å². The molecule has 1 amide bonds. The quantitative estimate of drug-likeness (QED) is 0.906. The van der Waals surface area contributed by atoms with Crippen LogP contribution >= 0.6 is 11.3 Å². The second kappa shape index (κ2) is 5.41. The van der Waals surface area contributed by atoms with Crippen molar-refractivity contribution in [3.8, 4) is 0 Å². The maximum atomic E-state index is 12.4. The Morgan fingerprint density at radius 2 is 2.28 bits per heavy atom. The van der Waals surface area contributed by atoms with Gasteiger partial charge in [0.05, 0.1) is 0 Å². The molecular weight excluding hydrogens is 244 g/mol. The van der Waals surface area contributed by atoms with Crippen molar-refractivity contribution < 1.29 is 4.79 Å². The first kappa shape index (κ1) is 12.2. The van der Waals surface area contributed by atoms with E-state index in [0.717, 1.165) is 25.9 Å². The lowest BCUT2D eigenvalue weighted by Crippen LogP contribution is -2.42. The summed E-state index contributed by atoms with van der Waals surface area (Å²) in [5.74, 6) is 0.359. The van der Waals surface area contributed by atoms with Crippen LogP contribution in [0.5, 0.6) is 0 Å². The summed E-state index contributed by atoms with van der Waals surface area (Å²) in [6.07, 6.45) is 5.08. The first-order valence-electron chi connectivity index (χ1n) is 6.87. The van der Waals surface area contributed by atoms with Crippen molar-refractivity contribution in [2.45, 2.75) is 44.2 Å². The van der Waals surface area contributed by atoms with Crippen LogP contribution in [-0.2, 0) is 11.2 Å². The van der Waals surface area contributed by atoms with Crippen molar-refractivity contribution in [3.05, 3.63) is 22.4 Å². The maximum Gasteiger partial charge on any atom is 0.223 e. The van der Waals surface area contributed by atoms with E-state index in [2.05, 4.69) is 27.0 Å². The predicted molar refractivity (Wildman–Crippen MR) is 73.8 cm³/mol. The number of hydrogen-bond donors (Lipinski definition) is 1. The van der Waals surface area contributed by atoms with Gasteiger partial charge in [-0.15, -0.1) is 0 Å². The molecule has 3 heterocycles. The van der Waals surface area contributed by atoms with Crippen LogP contribution in [0.2, 0.25) is 0 Å². The second-order valence-corrected chi connectivity index (χ2v) is 6.09. The average Bonchev–Trinajstić information content (AvgIpc) is 2.93. The molecule has 2 aliphatic heterocycles. The molecule has 2 saturated heterocycles. The van der Waals surface area contributed by atoms with Crippen LogP contribution in [0.3, 0.4) is 0 Å². The van der Waals surface area contributed by atoms with Gasteiger partial charge in [0.1, 0.15) is 0 Å². The second-order valence-electron chi connectivity index (χ2n) is 5.31. The lowest BCUT2D eigenvalue weighted by atomic mass is 10.1. The highest BCUT2D eigenvalue weighted by atomic mass is 32.1. The third-order valence-corrected chi connectivity index (χ3v) is 4.88. The maximum absolute atomic E-state index is 12.4. The molecular formula is C14H20N2OS. The molecule has 0 spiro atoms. The van der Waals surface area contributed by atoms with Crippen molar-refractivity contribution >= 4 is 17.2 Å². The van der Waals surface area contributed by atoms with E-state index in [1.165, 1.54) is 18.4 Å². The minimum Gasteiger partial charge on any atom is -0.335 e. The monoisotopic (exact) mass is 264 g/mol. The Morgan fingerprint density at radius 1 is 1.39 bits per heavy atom. The Kier molecular flexibility index (Phi) is 3.66. The largest absolute Gasteiger partial charge is 0.335 e. The van der Waals surface area contributed by atoms with E-state index in [9.17, 15) is 4.79 Å². The summed E-state index contributed by atoms with van der Waals surface area (Å²) in [5.41, 5.74) is 1.30. The van der Waals surface area contributed by atoms with E-state index in [-0.39, 0.29) is 0 Å². The number of aryl methyl sites for hydroxylation is 1. The van der Waals surface area contributed by atoms with Gasteiger partial charge in [-0.1, -0.05) is 0 Å². The van der Waals surface area contributed by atoms with Crippen molar-refractivity contribution in [2.75, 3.05) is 13.1 Å². The molecule has 0 aromatic carbocycles. The summed E-state index contributed by atoms with van der Waals surface area (Å²) < 4.78 is 0. The molecule has 0 aliphatic carbocycles. The number of carbonyl (C=O) groups is 1. The molecule has 98 valence electrons. The van der Waals surface area contributed by atoms with Gasteiger partial charge >= 0.3 is 0 Å². The van der Waals surface area contributed by atoms with E-state index in [1.807, 2.05) is 0 Å². The fourth-order valence-electron chi connectivity index (χ4n) is 3.20. The molecule has 2 fully saturated rings. The first-order valence-corrected chi connectivity index (χ1v) is 7.82. The van der Waals surface area contributed by atoms with Crippen molar-refractivity contribution in [1.29, 1.82) is 0 Å². The molecule has 0 radical (unpaired) electrons. The normalized spacial score (nSPS) is 27.2. The Labute approximate surface area is 112 Å². The Bertz CT molecular complexity index is 390. The Hall–Kier alpha value is -0.870. The summed E-state index contributed by atoms with van der Waals surface area (Å²) in [7, 11) is 0. The van der Waals surface area contributed by atoms with E-state index in [0.29, 0.717) is 24.4 Å². The summed E-state index contributed by atoms with van der Waals surface area (Å²) in [6, 6.07) is 3.07. The van der Waals surface area contributed by atoms with E-state index >= 15 is 0 Å². The zero-order valence-corrected chi connectivity index (χ0v) is 11.4. The van der Waals surface area contributed by atoms with Gasteiger partial charge in [0.2, 0.25) is 5.91 Å².